The number of alkyl halides is 3. The average Bonchev–Trinajstić information content (AvgIpc) is 2.88. The van der Waals surface area contributed by atoms with Crippen molar-refractivity contribution >= 4 is 11.4 Å². The van der Waals surface area contributed by atoms with Crippen LogP contribution in [0.5, 0.6) is 17.2 Å². The van der Waals surface area contributed by atoms with E-state index in [1.165, 1.54) is 0 Å². The van der Waals surface area contributed by atoms with E-state index in [1.807, 2.05) is 0 Å². The van der Waals surface area contributed by atoms with Crippen LogP contribution < -0.4 is 20.9 Å². The standard InChI is InChI=1S/C24H12F10N2O2/c25-14-13(15(26)17(28)19(16(14)27)37-11-5-1-9(35)2-6-11)23(32)21(30)18(29)20(22(31)24(23,33)34)38-12-7-3-10(36)4-8-12/h1-8H,35-36H2. The Morgan fingerprint density at radius 3 is 1.42 bits per heavy atom. The highest BCUT2D eigenvalue weighted by Crippen LogP contribution is 2.59. The molecule has 4 rings (SSSR count). The highest BCUT2D eigenvalue weighted by Gasteiger charge is 2.70. The van der Waals surface area contributed by atoms with E-state index >= 15 is 4.39 Å². The van der Waals surface area contributed by atoms with Crippen molar-refractivity contribution in [2.75, 3.05) is 11.5 Å². The molecule has 0 fully saturated rings. The Hall–Kier alpha value is -4.36. The van der Waals surface area contributed by atoms with Gasteiger partial charge in [-0.1, -0.05) is 0 Å². The molecule has 0 saturated heterocycles. The predicted octanol–water partition coefficient (Wildman–Crippen LogP) is 7.42. The first kappa shape index (κ1) is 26.7. The number of allylic oxidation sites excluding steroid dienone is 3. The van der Waals surface area contributed by atoms with Gasteiger partial charge in [-0.15, -0.1) is 0 Å². The topological polar surface area (TPSA) is 70.5 Å². The van der Waals surface area contributed by atoms with Gasteiger partial charge in [-0.3, -0.25) is 0 Å². The van der Waals surface area contributed by atoms with E-state index < -0.39 is 80.9 Å². The number of halogens is 10. The summed E-state index contributed by atoms with van der Waals surface area (Å²) >= 11 is 0. The summed E-state index contributed by atoms with van der Waals surface area (Å²) in [5.41, 5.74) is 2.32. The minimum Gasteiger partial charge on any atom is -0.451 e. The molecular formula is C24H12F10N2O2. The van der Waals surface area contributed by atoms with Crippen molar-refractivity contribution in [1.82, 2.24) is 0 Å². The molecule has 3 aromatic carbocycles. The van der Waals surface area contributed by atoms with Crippen molar-refractivity contribution in [3.8, 4) is 17.2 Å². The number of ether oxygens (including phenoxy) is 2. The molecule has 0 heterocycles. The zero-order chi connectivity index (χ0) is 28.2. The van der Waals surface area contributed by atoms with Gasteiger partial charge in [-0.2, -0.15) is 22.0 Å². The molecule has 0 aliphatic heterocycles. The van der Waals surface area contributed by atoms with E-state index in [1.54, 1.807) is 0 Å². The Morgan fingerprint density at radius 2 is 0.974 bits per heavy atom. The van der Waals surface area contributed by atoms with Gasteiger partial charge in [0.15, 0.2) is 17.5 Å². The van der Waals surface area contributed by atoms with Crippen molar-refractivity contribution in [3.63, 3.8) is 0 Å². The van der Waals surface area contributed by atoms with Crippen molar-refractivity contribution < 1.29 is 53.4 Å². The molecule has 200 valence electrons. The van der Waals surface area contributed by atoms with Gasteiger partial charge in [0.1, 0.15) is 11.5 Å². The van der Waals surface area contributed by atoms with Crippen LogP contribution in [0.3, 0.4) is 0 Å². The fourth-order valence-electron chi connectivity index (χ4n) is 3.45. The Balaban J connectivity index is 1.86. The molecule has 1 unspecified atom stereocenters. The molecule has 14 heteroatoms. The van der Waals surface area contributed by atoms with Crippen LogP contribution in [-0.4, -0.2) is 5.92 Å². The molecule has 3 aromatic rings. The van der Waals surface area contributed by atoms with Crippen LogP contribution in [0.15, 0.2) is 71.8 Å². The van der Waals surface area contributed by atoms with E-state index in [4.69, 9.17) is 11.5 Å². The number of anilines is 2. The van der Waals surface area contributed by atoms with Crippen LogP contribution in [0.25, 0.3) is 0 Å². The normalized spacial score (nSPS) is 19.1. The van der Waals surface area contributed by atoms with Crippen LogP contribution in [0.1, 0.15) is 5.56 Å². The lowest BCUT2D eigenvalue weighted by atomic mass is 9.82. The quantitative estimate of drug-likeness (QED) is 0.197. The molecular weight excluding hydrogens is 538 g/mol. The Morgan fingerprint density at radius 1 is 0.553 bits per heavy atom. The van der Waals surface area contributed by atoms with Crippen molar-refractivity contribution in [2.24, 2.45) is 0 Å². The molecule has 4 N–H and O–H groups in total. The third kappa shape index (κ3) is 3.96. The van der Waals surface area contributed by atoms with Crippen molar-refractivity contribution in [2.45, 2.75) is 11.6 Å². The molecule has 4 nitrogen and oxygen atoms in total. The summed E-state index contributed by atoms with van der Waals surface area (Å²) in [6, 6.07) is 8.29. The minimum atomic E-state index is -5.98. The average molecular weight is 550 g/mol. The van der Waals surface area contributed by atoms with Gasteiger partial charge in [0.2, 0.25) is 34.8 Å². The fourth-order valence-corrected chi connectivity index (χ4v) is 3.45. The summed E-state index contributed by atoms with van der Waals surface area (Å²) in [6.45, 7) is 0. The largest absolute Gasteiger partial charge is 0.451 e. The highest BCUT2D eigenvalue weighted by atomic mass is 19.3. The first-order valence-electron chi connectivity index (χ1n) is 10.2. The number of nitrogens with two attached hydrogens (primary N) is 2. The molecule has 0 radical (unpaired) electrons. The molecule has 1 atom stereocenters. The van der Waals surface area contributed by atoms with E-state index in [-0.39, 0.29) is 11.4 Å². The Bertz CT molecular complexity index is 1460. The summed E-state index contributed by atoms with van der Waals surface area (Å²) in [6.07, 6.45) is 0. The molecule has 0 bridgehead atoms. The van der Waals surface area contributed by atoms with Gasteiger partial charge >= 0.3 is 5.92 Å². The maximum Gasteiger partial charge on any atom is 0.346 e. The zero-order valence-electron chi connectivity index (χ0n) is 18.4. The molecule has 1 aliphatic carbocycles. The number of benzene rings is 3. The van der Waals surface area contributed by atoms with Crippen LogP contribution >= 0.6 is 0 Å². The summed E-state index contributed by atoms with van der Waals surface area (Å²) in [5.74, 6) is -31.5. The van der Waals surface area contributed by atoms with Crippen LogP contribution in [0.2, 0.25) is 0 Å². The summed E-state index contributed by atoms with van der Waals surface area (Å²) in [4.78, 5) is 0. The second-order valence-electron chi connectivity index (χ2n) is 7.81. The van der Waals surface area contributed by atoms with Gasteiger partial charge in [0, 0.05) is 11.4 Å². The van der Waals surface area contributed by atoms with Crippen molar-refractivity contribution in [1.29, 1.82) is 0 Å². The summed E-state index contributed by atoms with van der Waals surface area (Å²) in [7, 11) is 0. The lowest BCUT2D eigenvalue weighted by Gasteiger charge is -2.35. The third-order valence-electron chi connectivity index (χ3n) is 5.37. The van der Waals surface area contributed by atoms with Crippen LogP contribution in [0, 0.1) is 23.3 Å². The first-order chi connectivity index (χ1) is 17.7. The second-order valence-corrected chi connectivity index (χ2v) is 7.81. The Kier molecular flexibility index (Phi) is 6.45. The van der Waals surface area contributed by atoms with E-state index in [0.717, 1.165) is 48.5 Å². The maximum absolute atomic E-state index is 15.6. The monoisotopic (exact) mass is 550 g/mol. The highest BCUT2D eigenvalue weighted by molar-refractivity contribution is 5.52. The fraction of sp³-hybridized carbons (Fsp3) is 0.0833. The molecule has 1 aliphatic rings. The molecule has 0 spiro atoms. The second kappa shape index (κ2) is 9.19. The lowest BCUT2D eigenvalue weighted by Crippen LogP contribution is -2.48. The summed E-state index contributed by atoms with van der Waals surface area (Å²) < 4.78 is 158. The molecule has 0 aromatic heterocycles. The van der Waals surface area contributed by atoms with E-state index in [9.17, 15) is 39.5 Å². The number of rotatable bonds is 5. The third-order valence-corrected chi connectivity index (χ3v) is 5.37. The van der Waals surface area contributed by atoms with Gasteiger partial charge in [0.05, 0.1) is 5.56 Å². The minimum absolute atomic E-state index is 0.101. The zero-order valence-corrected chi connectivity index (χ0v) is 18.4. The Labute approximate surface area is 206 Å². The smallest absolute Gasteiger partial charge is 0.346 e. The SMILES string of the molecule is Nc1ccc(OC2=C(F)C(F)(F)C(F)(c3c(F)c(F)c(Oc4ccc(N)cc4)c(F)c3F)C(F)=C2F)cc1. The number of hydrogen-bond acceptors (Lipinski definition) is 4. The van der Waals surface area contributed by atoms with Crippen LogP contribution in [0.4, 0.5) is 55.3 Å². The number of nitrogen functional groups attached to an aromatic ring is 2. The van der Waals surface area contributed by atoms with Gasteiger partial charge < -0.3 is 20.9 Å². The maximum atomic E-state index is 15.6. The number of hydrogen-bond donors (Lipinski definition) is 2. The van der Waals surface area contributed by atoms with Crippen molar-refractivity contribution in [3.05, 3.63) is 101 Å². The summed E-state index contributed by atoms with van der Waals surface area (Å²) in [5, 5.41) is 0. The van der Waals surface area contributed by atoms with Gasteiger partial charge in [0.25, 0.3) is 5.67 Å². The first-order valence-corrected chi connectivity index (χ1v) is 10.2. The van der Waals surface area contributed by atoms with E-state index in [2.05, 4.69) is 9.47 Å². The lowest BCUT2D eigenvalue weighted by molar-refractivity contribution is -0.128. The van der Waals surface area contributed by atoms with E-state index in [0.29, 0.717) is 0 Å². The van der Waals surface area contributed by atoms with Crippen LogP contribution in [-0.2, 0) is 5.67 Å². The molecule has 0 saturated carbocycles. The van der Waals surface area contributed by atoms with Gasteiger partial charge in [-0.05, 0) is 48.5 Å². The molecule has 38 heavy (non-hydrogen) atoms. The van der Waals surface area contributed by atoms with Gasteiger partial charge in [-0.25, -0.2) is 22.0 Å². The molecule has 0 amide bonds. The predicted molar refractivity (Wildman–Crippen MR) is 114 cm³/mol.